The van der Waals surface area contributed by atoms with Gasteiger partial charge in [-0.25, -0.2) is 0 Å². The molecule has 0 amide bonds. The average Bonchev–Trinajstić information content (AvgIpc) is 2.92. The minimum Gasteiger partial charge on any atom is -0.491 e. The molecule has 1 saturated carbocycles. The molecule has 0 bridgehead atoms. The molecule has 3 nitrogen and oxygen atoms in total. The second-order valence-electron chi connectivity index (χ2n) is 5.60. The molecular formula is C16H24ClNO2. The molecule has 1 fully saturated rings. The quantitative estimate of drug-likeness (QED) is 0.811. The molecule has 1 aromatic rings. The van der Waals surface area contributed by atoms with Gasteiger partial charge in [0, 0.05) is 17.1 Å². The van der Waals surface area contributed by atoms with Crippen molar-refractivity contribution in [3.05, 3.63) is 28.8 Å². The van der Waals surface area contributed by atoms with Gasteiger partial charge in [0.25, 0.3) is 0 Å². The van der Waals surface area contributed by atoms with Gasteiger partial charge in [0.05, 0.1) is 6.10 Å². The molecule has 0 radical (unpaired) electrons. The van der Waals surface area contributed by atoms with Gasteiger partial charge in [-0.15, -0.1) is 0 Å². The number of nitrogens with one attached hydrogen (secondary N) is 1. The van der Waals surface area contributed by atoms with E-state index in [1.165, 1.54) is 25.7 Å². The van der Waals surface area contributed by atoms with E-state index in [1.807, 2.05) is 25.2 Å². The number of halogens is 1. The second kappa shape index (κ2) is 7.87. The zero-order valence-electron chi connectivity index (χ0n) is 12.1. The molecular weight excluding hydrogens is 274 g/mol. The van der Waals surface area contributed by atoms with E-state index in [-0.39, 0.29) is 6.10 Å². The van der Waals surface area contributed by atoms with Crippen LogP contribution in [-0.2, 0) is 6.54 Å². The zero-order chi connectivity index (χ0) is 14.4. The van der Waals surface area contributed by atoms with Crippen LogP contribution >= 0.6 is 11.6 Å². The summed E-state index contributed by atoms with van der Waals surface area (Å²) >= 11 is 6.18. The Morgan fingerprint density at radius 2 is 2.15 bits per heavy atom. The molecule has 1 aliphatic rings. The molecule has 4 heteroatoms. The maximum absolute atomic E-state index is 10.1. The smallest absolute Gasteiger partial charge is 0.125 e. The third-order valence-electron chi connectivity index (χ3n) is 3.94. The highest BCUT2D eigenvalue weighted by atomic mass is 35.5. The summed E-state index contributed by atoms with van der Waals surface area (Å²) in [4.78, 5) is 0. The Bertz CT molecular complexity index is 419. The van der Waals surface area contributed by atoms with E-state index in [4.69, 9.17) is 16.3 Å². The summed E-state index contributed by atoms with van der Waals surface area (Å²) in [6.07, 6.45) is 5.57. The topological polar surface area (TPSA) is 41.5 Å². The molecule has 1 aliphatic carbocycles. The van der Waals surface area contributed by atoms with Gasteiger partial charge in [-0.05, 0) is 31.5 Å². The Morgan fingerprint density at radius 3 is 2.85 bits per heavy atom. The molecule has 0 spiro atoms. The van der Waals surface area contributed by atoms with Crippen molar-refractivity contribution >= 4 is 11.6 Å². The number of rotatable bonds is 7. The van der Waals surface area contributed by atoms with Crippen LogP contribution in [0.25, 0.3) is 0 Å². The number of aliphatic hydroxyl groups excluding tert-OH is 1. The molecule has 1 atom stereocenters. The Labute approximate surface area is 126 Å². The van der Waals surface area contributed by atoms with Crippen molar-refractivity contribution in [2.24, 2.45) is 5.92 Å². The number of aliphatic hydroxyl groups is 1. The summed E-state index contributed by atoms with van der Waals surface area (Å²) in [7, 11) is 1.88. The van der Waals surface area contributed by atoms with Crippen molar-refractivity contribution in [3.63, 3.8) is 0 Å². The number of hydrogen-bond donors (Lipinski definition) is 2. The Kier molecular flexibility index (Phi) is 6.14. The molecule has 20 heavy (non-hydrogen) atoms. The van der Waals surface area contributed by atoms with Gasteiger partial charge in [0.15, 0.2) is 0 Å². The first-order chi connectivity index (χ1) is 9.70. The van der Waals surface area contributed by atoms with Gasteiger partial charge in [-0.3, -0.25) is 0 Å². The molecule has 1 unspecified atom stereocenters. The van der Waals surface area contributed by atoms with Crippen molar-refractivity contribution in [1.82, 2.24) is 5.32 Å². The van der Waals surface area contributed by atoms with Crippen LogP contribution in [0.5, 0.6) is 5.75 Å². The SMILES string of the molecule is CNCc1c(Cl)cccc1OCC(O)CC1CCCC1. The summed E-state index contributed by atoms with van der Waals surface area (Å²) in [5.41, 5.74) is 0.949. The summed E-state index contributed by atoms with van der Waals surface area (Å²) in [5.74, 6) is 1.43. The van der Waals surface area contributed by atoms with Crippen molar-refractivity contribution in [2.75, 3.05) is 13.7 Å². The normalized spacial score (nSPS) is 17.4. The van der Waals surface area contributed by atoms with Crippen molar-refractivity contribution in [3.8, 4) is 5.75 Å². The first kappa shape index (κ1) is 15.6. The summed E-state index contributed by atoms with van der Waals surface area (Å²) in [6.45, 7) is 1.00. The lowest BCUT2D eigenvalue weighted by Crippen LogP contribution is -2.21. The Hall–Kier alpha value is -0.770. The van der Waals surface area contributed by atoms with Crippen LogP contribution in [0.4, 0.5) is 0 Å². The highest BCUT2D eigenvalue weighted by Gasteiger charge is 2.19. The van der Waals surface area contributed by atoms with E-state index < -0.39 is 0 Å². The van der Waals surface area contributed by atoms with E-state index >= 15 is 0 Å². The molecule has 0 aromatic heterocycles. The van der Waals surface area contributed by atoms with Crippen molar-refractivity contribution in [1.29, 1.82) is 0 Å². The van der Waals surface area contributed by atoms with Gasteiger partial charge in [-0.1, -0.05) is 43.4 Å². The van der Waals surface area contributed by atoms with Crippen LogP contribution in [0.15, 0.2) is 18.2 Å². The molecule has 0 saturated heterocycles. The largest absolute Gasteiger partial charge is 0.491 e. The Balaban J connectivity index is 1.87. The standard InChI is InChI=1S/C16H24ClNO2/c1-18-10-14-15(17)7-4-8-16(14)20-11-13(19)9-12-5-2-3-6-12/h4,7-8,12-13,18-19H,2-3,5-6,9-11H2,1H3. The molecule has 1 aromatic carbocycles. The molecule has 2 N–H and O–H groups in total. The van der Waals surface area contributed by atoms with Crippen LogP contribution in [0.2, 0.25) is 5.02 Å². The van der Waals surface area contributed by atoms with Crippen LogP contribution < -0.4 is 10.1 Å². The van der Waals surface area contributed by atoms with Crippen LogP contribution in [0.3, 0.4) is 0 Å². The maximum Gasteiger partial charge on any atom is 0.125 e. The van der Waals surface area contributed by atoms with Gasteiger partial charge in [0.1, 0.15) is 12.4 Å². The number of hydrogen-bond acceptors (Lipinski definition) is 3. The summed E-state index contributed by atoms with van der Waals surface area (Å²) in [5, 5.41) is 13.9. The summed E-state index contributed by atoms with van der Waals surface area (Å²) in [6, 6.07) is 5.64. The molecule has 0 heterocycles. The van der Waals surface area contributed by atoms with Crippen molar-refractivity contribution < 1.29 is 9.84 Å². The van der Waals surface area contributed by atoms with E-state index in [0.717, 1.165) is 17.7 Å². The van der Waals surface area contributed by atoms with Gasteiger partial charge in [0.2, 0.25) is 0 Å². The lowest BCUT2D eigenvalue weighted by Gasteiger charge is -2.18. The Morgan fingerprint density at radius 1 is 1.40 bits per heavy atom. The zero-order valence-corrected chi connectivity index (χ0v) is 12.8. The lowest BCUT2D eigenvalue weighted by atomic mass is 10.0. The minimum absolute atomic E-state index is 0.341. The van der Waals surface area contributed by atoms with E-state index in [2.05, 4.69) is 5.32 Å². The van der Waals surface area contributed by atoms with E-state index in [9.17, 15) is 5.11 Å². The molecule has 112 valence electrons. The monoisotopic (exact) mass is 297 g/mol. The summed E-state index contributed by atoms with van der Waals surface area (Å²) < 4.78 is 5.77. The van der Waals surface area contributed by atoms with Crippen LogP contribution in [-0.4, -0.2) is 24.9 Å². The van der Waals surface area contributed by atoms with E-state index in [0.29, 0.717) is 24.1 Å². The first-order valence-corrected chi connectivity index (χ1v) is 7.81. The highest BCUT2D eigenvalue weighted by Crippen LogP contribution is 2.29. The fraction of sp³-hybridized carbons (Fsp3) is 0.625. The number of ether oxygens (including phenoxy) is 1. The third-order valence-corrected chi connectivity index (χ3v) is 4.29. The molecule has 0 aliphatic heterocycles. The average molecular weight is 298 g/mol. The van der Waals surface area contributed by atoms with Crippen molar-refractivity contribution in [2.45, 2.75) is 44.8 Å². The van der Waals surface area contributed by atoms with Gasteiger partial charge < -0.3 is 15.2 Å². The van der Waals surface area contributed by atoms with Gasteiger partial charge in [-0.2, -0.15) is 0 Å². The fourth-order valence-corrected chi connectivity index (χ4v) is 3.14. The van der Waals surface area contributed by atoms with Crippen LogP contribution in [0, 0.1) is 5.92 Å². The second-order valence-corrected chi connectivity index (χ2v) is 6.01. The van der Waals surface area contributed by atoms with Gasteiger partial charge >= 0.3 is 0 Å². The van der Waals surface area contributed by atoms with Crippen LogP contribution in [0.1, 0.15) is 37.7 Å². The number of benzene rings is 1. The third kappa shape index (κ3) is 4.37. The lowest BCUT2D eigenvalue weighted by molar-refractivity contribution is 0.0851. The fourth-order valence-electron chi connectivity index (χ4n) is 2.91. The maximum atomic E-state index is 10.1. The highest BCUT2D eigenvalue weighted by molar-refractivity contribution is 6.31. The predicted octanol–water partition coefficient (Wildman–Crippen LogP) is 3.38. The van der Waals surface area contributed by atoms with E-state index in [1.54, 1.807) is 0 Å². The molecule has 2 rings (SSSR count). The predicted molar refractivity (Wildman–Crippen MR) is 82.3 cm³/mol. The minimum atomic E-state index is -0.389. The first-order valence-electron chi connectivity index (χ1n) is 7.43.